The maximum atomic E-state index is 12.9. The highest BCUT2D eigenvalue weighted by atomic mass is 19.4. The van der Waals surface area contributed by atoms with Gasteiger partial charge in [-0.15, -0.1) is 10.2 Å². The molecule has 2 atom stereocenters. The number of nitrogens with zero attached hydrogens (tertiary/aromatic N) is 5. The predicted molar refractivity (Wildman–Crippen MR) is 119 cm³/mol. The molecular weight excluding hydrogens is 445 g/mol. The number of nitrogens with one attached hydrogen (secondary N) is 1. The van der Waals surface area contributed by atoms with Crippen molar-refractivity contribution in [1.82, 2.24) is 25.3 Å². The second-order valence-electron chi connectivity index (χ2n) is 10.3. The van der Waals surface area contributed by atoms with Crippen LogP contribution in [0.4, 0.5) is 23.8 Å². The molecule has 5 heterocycles. The third kappa shape index (κ3) is 3.87. The first-order chi connectivity index (χ1) is 16.3. The van der Waals surface area contributed by atoms with Crippen LogP contribution in [0.3, 0.4) is 0 Å². The number of amides is 2. The monoisotopic (exact) mass is 472 g/mol. The summed E-state index contributed by atoms with van der Waals surface area (Å²) in [6.45, 7) is 4.29. The maximum absolute atomic E-state index is 12.9. The number of piperidine rings is 1. The van der Waals surface area contributed by atoms with Gasteiger partial charge in [0.2, 0.25) is 0 Å². The Morgan fingerprint density at radius 3 is 2.35 bits per heavy atom. The number of anilines is 1. The molecule has 7 nitrogen and oxygen atoms in total. The Labute approximate surface area is 195 Å². The average Bonchev–Trinajstić information content (AvgIpc) is 2.76. The highest BCUT2D eigenvalue weighted by molar-refractivity contribution is 5.77. The number of carbonyl (C=O) groups is 1. The zero-order valence-corrected chi connectivity index (χ0v) is 18.7. The predicted octanol–water partition coefficient (Wildman–Crippen LogP) is 3.13. The van der Waals surface area contributed by atoms with E-state index in [1.807, 2.05) is 15.9 Å². The number of fused-ring (bicyclic) bond motifs is 2. The van der Waals surface area contributed by atoms with Gasteiger partial charge in [-0.3, -0.25) is 4.90 Å². The molecule has 2 unspecified atom stereocenters. The summed E-state index contributed by atoms with van der Waals surface area (Å²) in [6.07, 6.45) is -1.52. The van der Waals surface area contributed by atoms with Gasteiger partial charge in [0.25, 0.3) is 0 Å². The molecule has 2 bridgehead atoms. The minimum atomic E-state index is -4.50. The van der Waals surface area contributed by atoms with Crippen LogP contribution in [0, 0.1) is 5.41 Å². The zero-order valence-electron chi connectivity index (χ0n) is 18.7. The second-order valence-corrected chi connectivity index (χ2v) is 10.3. The van der Waals surface area contributed by atoms with E-state index in [9.17, 15) is 18.0 Å². The average molecular weight is 473 g/mol. The van der Waals surface area contributed by atoms with Gasteiger partial charge in [0.1, 0.15) is 0 Å². The van der Waals surface area contributed by atoms with E-state index < -0.39 is 11.9 Å². The molecular formula is C24H27F3N6O. The van der Waals surface area contributed by atoms with Gasteiger partial charge < -0.3 is 15.1 Å². The Hall–Kier alpha value is -2.88. The van der Waals surface area contributed by atoms with Crippen LogP contribution >= 0.6 is 0 Å². The summed E-state index contributed by atoms with van der Waals surface area (Å²) in [7, 11) is 0. The molecule has 5 fully saturated rings. The summed E-state index contributed by atoms with van der Waals surface area (Å²) in [6, 6.07) is 13.1. The van der Waals surface area contributed by atoms with Crippen LogP contribution in [0.15, 0.2) is 42.5 Å². The zero-order chi connectivity index (χ0) is 23.5. The molecule has 10 heteroatoms. The first-order valence-corrected chi connectivity index (χ1v) is 11.8. The van der Waals surface area contributed by atoms with Crippen LogP contribution in [0.2, 0.25) is 0 Å². The lowest BCUT2D eigenvalue weighted by Gasteiger charge is -2.60. The van der Waals surface area contributed by atoms with Crippen molar-refractivity contribution in [1.29, 1.82) is 0 Å². The summed E-state index contributed by atoms with van der Waals surface area (Å²) in [5.74, 6) is 0.425. The molecule has 34 heavy (non-hydrogen) atoms. The van der Waals surface area contributed by atoms with Gasteiger partial charge in [0, 0.05) is 38.8 Å². The fraction of sp³-hybridized carbons (Fsp3) is 0.542. The van der Waals surface area contributed by atoms with Crippen molar-refractivity contribution in [2.24, 2.45) is 5.41 Å². The van der Waals surface area contributed by atoms with E-state index >= 15 is 0 Å². The lowest BCUT2D eigenvalue weighted by atomic mass is 9.60. The summed E-state index contributed by atoms with van der Waals surface area (Å²) >= 11 is 0. The fourth-order valence-corrected chi connectivity index (χ4v) is 6.22. The minimum Gasteiger partial charge on any atom is -0.351 e. The molecule has 180 valence electrons. The van der Waals surface area contributed by atoms with Crippen molar-refractivity contribution in [3.63, 3.8) is 0 Å². The highest BCUT2D eigenvalue weighted by Crippen LogP contribution is 2.49. The number of alkyl halides is 3. The smallest absolute Gasteiger partial charge is 0.351 e. The SMILES string of the molecule is O=C(NC1CC2(C1)CN(Cc1ccccc1)C2)N1C2CC1CN(c1ccc(C(F)(F)F)nn1)C2. The van der Waals surface area contributed by atoms with Crippen LogP contribution in [-0.4, -0.2) is 70.3 Å². The number of aromatic nitrogens is 2. The van der Waals surface area contributed by atoms with E-state index in [0.717, 1.165) is 45.0 Å². The Morgan fingerprint density at radius 2 is 1.74 bits per heavy atom. The number of benzene rings is 1. The van der Waals surface area contributed by atoms with Gasteiger partial charge in [0.05, 0.1) is 12.1 Å². The number of likely N-dealkylation sites (tertiary alicyclic amines) is 1. The topological polar surface area (TPSA) is 64.6 Å². The molecule has 1 saturated carbocycles. The Balaban J connectivity index is 0.961. The first kappa shape index (κ1) is 21.6. The van der Waals surface area contributed by atoms with Gasteiger partial charge in [-0.2, -0.15) is 13.2 Å². The molecule has 7 rings (SSSR count). The number of hydrogen-bond acceptors (Lipinski definition) is 5. The van der Waals surface area contributed by atoms with E-state index in [0.29, 0.717) is 24.3 Å². The minimum absolute atomic E-state index is 0.0141. The van der Waals surface area contributed by atoms with Gasteiger partial charge >= 0.3 is 12.2 Å². The number of urea groups is 1. The number of rotatable bonds is 4. The molecule has 2 amide bonds. The molecule has 1 aromatic carbocycles. The van der Waals surface area contributed by atoms with Crippen molar-refractivity contribution in [2.45, 2.75) is 50.1 Å². The fourth-order valence-electron chi connectivity index (χ4n) is 6.22. The van der Waals surface area contributed by atoms with E-state index in [4.69, 9.17) is 0 Å². The van der Waals surface area contributed by atoms with Crippen LogP contribution < -0.4 is 10.2 Å². The lowest BCUT2D eigenvalue weighted by molar-refractivity contribution is -0.141. The Kier molecular flexibility index (Phi) is 4.98. The van der Waals surface area contributed by atoms with Crippen molar-refractivity contribution in [3.8, 4) is 0 Å². The molecule has 1 N–H and O–H groups in total. The number of halogens is 3. The number of hydrogen-bond donors (Lipinski definition) is 1. The molecule has 1 aromatic heterocycles. The van der Waals surface area contributed by atoms with Gasteiger partial charge in [-0.25, -0.2) is 4.79 Å². The largest absolute Gasteiger partial charge is 0.435 e. The van der Waals surface area contributed by atoms with Gasteiger partial charge in [0.15, 0.2) is 11.5 Å². The van der Waals surface area contributed by atoms with Gasteiger partial charge in [-0.1, -0.05) is 30.3 Å². The quantitative estimate of drug-likeness (QED) is 0.741. The van der Waals surface area contributed by atoms with Crippen LogP contribution in [0.1, 0.15) is 30.5 Å². The van der Waals surface area contributed by atoms with E-state index in [1.165, 1.54) is 11.6 Å². The summed E-state index contributed by atoms with van der Waals surface area (Å²) in [5.41, 5.74) is 0.699. The molecule has 5 aliphatic rings. The van der Waals surface area contributed by atoms with Gasteiger partial charge in [-0.05, 0) is 42.4 Å². The van der Waals surface area contributed by atoms with Crippen LogP contribution in [0.25, 0.3) is 0 Å². The number of carbonyl (C=O) groups excluding carboxylic acids is 1. The first-order valence-electron chi connectivity index (χ1n) is 11.8. The third-order valence-electron chi connectivity index (χ3n) is 7.75. The summed E-state index contributed by atoms with van der Waals surface area (Å²) in [4.78, 5) is 19.2. The second kappa shape index (κ2) is 7.83. The third-order valence-corrected chi connectivity index (χ3v) is 7.75. The number of piperazine rings is 1. The van der Waals surface area contributed by atoms with E-state index in [-0.39, 0.29) is 24.2 Å². The highest BCUT2D eigenvalue weighted by Gasteiger charge is 2.54. The van der Waals surface area contributed by atoms with Crippen LogP contribution in [0.5, 0.6) is 0 Å². The molecule has 4 saturated heterocycles. The standard InChI is InChI=1S/C24H27F3N6O/c25-24(26,27)20-6-7-21(30-29-20)32-12-18-8-19(13-32)33(18)22(34)28-17-9-23(10-17)14-31(15-23)11-16-4-2-1-3-5-16/h1-7,17-19H,8-15H2,(H,28,34). The lowest BCUT2D eigenvalue weighted by Crippen LogP contribution is -2.73. The molecule has 4 aliphatic heterocycles. The normalized spacial score (nSPS) is 26.0. The Bertz CT molecular complexity index is 1040. The summed E-state index contributed by atoms with van der Waals surface area (Å²) in [5, 5.41) is 10.3. The van der Waals surface area contributed by atoms with Crippen LogP contribution in [-0.2, 0) is 12.7 Å². The van der Waals surface area contributed by atoms with E-state index in [1.54, 1.807) is 0 Å². The molecule has 1 aliphatic carbocycles. The maximum Gasteiger partial charge on any atom is 0.435 e. The summed E-state index contributed by atoms with van der Waals surface area (Å²) < 4.78 is 38.2. The van der Waals surface area contributed by atoms with E-state index in [2.05, 4.69) is 44.7 Å². The van der Waals surface area contributed by atoms with Crippen molar-refractivity contribution >= 4 is 11.8 Å². The van der Waals surface area contributed by atoms with Crippen molar-refractivity contribution in [2.75, 3.05) is 31.1 Å². The van der Waals surface area contributed by atoms with Crippen molar-refractivity contribution < 1.29 is 18.0 Å². The Morgan fingerprint density at radius 1 is 1.03 bits per heavy atom. The molecule has 1 spiro atoms. The van der Waals surface area contributed by atoms with Crippen molar-refractivity contribution in [3.05, 3.63) is 53.7 Å². The molecule has 2 aromatic rings. The molecule has 0 radical (unpaired) electrons.